The van der Waals surface area contributed by atoms with Crippen molar-refractivity contribution in [1.29, 1.82) is 5.26 Å². The van der Waals surface area contributed by atoms with E-state index in [4.69, 9.17) is 10.00 Å². The first kappa shape index (κ1) is 13.4. The van der Waals surface area contributed by atoms with E-state index in [-0.39, 0.29) is 5.12 Å². The van der Waals surface area contributed by atoms with Gasteiger partial charge < -0.3 is 10.1 Å². The lowest BCUT2D eigenvalue weighted by Crippen LogP contribution is -2.22. The van der Waals surface area contributed by atoms with Gasteiger partial charge in [0.2, 0.25) is 0 Å². The van der Waals surface area contributed by atoms with Gasteiger partial charge >= 0.3 is 0 Å². The third kappa shape index (κ3) is 11.4. The molecule has 4 nitrogen and oxygen atoms in total. The van der Waals surface area contributed by atoms with Crippen LogP contribution in [0.1, 0.15) is 13.3 Å². The van der Waals surface area contributed by atoms with Crippen molar-refractivity contribution >= 4 is 16.9 Å². The van der Waals surface area contributed by atoms with E-state index < -0.39 is 0 Å². The Morgan fingerprint density at radius 2 is 2.29 bits per heavy atom. The van der Waals surface area contributed by atoms with E-state index in [0.29, 0.717) is 19.6 Å². The number of ether oxygens (including phenoxy) is 1. The molecule has 0 spiro atoms. The van der Waals surface area contributed by atoms with Gasteiger partial charge in [-0.15, -0.1) is 0 Å². The maximum Gasteiger partial charge on any atom is 0.185 e. The molecule has 0 aromatic carbocycles. The summed E-state index contributed by atoms with van der Waals surface area (Å²) in [5, 5.41) is 11.5. The largest absolute Gasteiger partial charge is 0.379 e. The van der Waals surface area contributed by atoms with Crippen LogP contribution in [0.4, 0.5) is 0 Å². The van der Waals surface area contributed by atoms with Crippen molar-refractivity contribution in [1.82, 2.24) is 5.32 Å². The summed E-state index contributed by atoms with van der Waals surface area (Å²) in [7, 11) is 0. The number of nitrogens with zero attached hydrogens (tertiary/aromatic N) is 1. The van der Waals surface area contributed by atoms with Crippen LogP contribution in [0, 0.1) is 11.3 Å². The molecule has 0 unspecified atom stereocenters. The summed E-state index contributed by atoms with van der Waals surface area (Å²) in [6.07, 6.45) is 0.445. The van der Waals surface area contributed by atoms with Gasteiger partial charge in [-0.25, -0.2) is 0 Å². The first-order chi connectivity index (χ1) is 6.77. The molecule has 0 rings (SSSR count). The van der Waals surface area contributed by atoms with E-state index in [2.05, 4.69) is 5.32 Å². The molecule has 14 heavy (non-hydrogen) atoms. The topological polar surface area (TPSA) is 62.1 Å². The van der Waals surface area contributed by atoms with Crippen molar-refractivity contribution in [2.24, 2.45) is 0 Å². The number of nitrogens with one attached hydrogen (secondary N) is 1. The second kappa shape index (κ2) is 10.5. The van der Waals surface area contributed by atoms with Crippen LogP contribution in [0.3, 0.4) is 0 Å². The van der Waals surface area contributed by atoms with Crippen molar-refractivity contribution in [2.75, 3.05) is 32.1 Å². The summed E-state index contributed by atoms with van der Waals surface area (Å²) in [4.78, 5) is 10.5. The van der Waals surface area contributed by atoms with Crippen LogP contribution >= 0.6 is 11.8 Å². The van der Waals surface area contributed by atoms with Crippen molar-refractivity contribution in [3.63, 3.8) is 0 Å². The molecule has 0 saturated heterocycles. The van der Waals surface area contributed by atoms with Crippen LogP contribution in [0.2, 0.25) is 0 Å². The van der Waals surface area contributed by atoms with Gasteiger partial charge in [0, 0.05) is 25.8 Å². The highest BCUT2D eigenvalue weighted by atomic mass is 32.2. The van der Waals surface area contributed by atoms with Crippen molar-refractivity contribution in [2.45, 2.75) is 13.3 Å². The molecule has 0 atom stereocenters. The average Bonchev–Trinajstić information content (AvgIpc) is 2.15. The van der Waals surface area contributed by atoms with Gasteiger partial charge in [-0.3, -0.25) is 4.79 Å². The second-order valence-corrected chi connectivity index (χ2v) is 3.88. The molecule has 0 aliphatic carbocycles. The van der Waals surface area contributed by atoms with Crippen LogP contribution < -0.4 is 5.32 Å². The monoisotopic (exact) mass is 216 g/mol. The van der Waals surface area contributed by atoms with E-state index in [1.807, 2.05) is 6.07 Å². The summed E-state index contributed by atoms with van der Waals surface area (Å²) < 4.78 is 5.14. The van der Waals surface area contributed by atoms with Crippen molar-refractivity contribution in [3.05, 3.63) is 0 Å². The van der Waals surface area contributed by atoms with Gasteiger partial charge in [0.1, 0.15) is 0 Å². The summed E-state index contributed by atoms with van der Waals surface area (Å²) in [5.41, 5.74) is 0. The lowest BCUT2D eigenvalue weighted by atomic mass is 10.5. The van der Waals surface area contributed by atoms with Gasteiger partial charge in [0.05, 0.1) is 25.7 Å². The highest BCUT2D eigenvalue weighted by Crippen LogP contribution is 1.97. The molecule has 0 aromatic rings. The van der Waals surface area contributed by atoms with Crippen LogP contribution in [-0.2, 0) is 9.53 Å². The Morgan fingerprint density at radius 1 is 1.50 bits per heavy atom. The number of carbonyl (C=O) groups is 1. The van der Waals surface area contributed by atoms with Crippen molar-refractivity contribution in [3.8, 4) is 6.07 Å². The number of carbonyl (C=O) groups excluding carboxylic acids is 1. The maximum absolute atomic E-state index is 10.5. The Hall–Kier alpha value is -0.570. The highest BCUT2D eigenvalue weighted by Gasteiger charge is 1.93. The fraction of sp³-hybridized carbons (Fsp3) is 0.778. The Labute approximate surface area is 89.0 Å². The third-order valence-corrected chi connectivity index (χ3v) is 2.18. The molecular formula is C9H16N2O2S. The minimum Gasteiger partial charge on any atom is -0.379 e. The minimum atomic E-state index is 0.150. The van der Waals surface area contributed by atoms with E-state index in [1.165, 1.54) is 11.8 Å². The Bertz CT molecular complexity index is 192. The van der Waals surface area contributed by atoms with Crippen LogP contribution in [-0.4, -0.2) is 37.2 Å². The number of hydrogen-bond acceptors (Lipinski definition) is 5. The third-order valence-electron chi connectivity index (χ3n) is 1.37. The zero-order valence-electron chi connectivity index (χ0n) is 8.41. The van der Waals surface area contributed by atoms with E-state index in [9.17, 15) is 4.79 Å². The molecular weight excluding hydrogens is 200 g/mol. The molecule has 0 fully saturated rings. The number of rotatable bonds is 8. The molecule has 80 valence electrons. The summed E-state index contributed by atoms with van der Waals surface area (Å²) in [6.45, 7) is 4.26. The summed E-state index contributed by atoms with van der Waals surface area (Å²) in [5.74, 6) is 0.799. The Balaban J connectivity index is 2.93. The second-order valence-electron chi connectivity index (χ2n) is 2.61. The first-order valence-electron chi connectivity index (χ1n) is 4.56. The molecule has 0 heterocycles. The first-order valence-corrected chi connectivity index (χ1v) is 5.54. The summed E-state index contributed by atoms with van der Waals surface area (Å²) >= 11 is 1.32. The predicted molar refractivity (Wildman–Crippen MR) is 57.1 cm³/mol. The molecule has 0 amide bonds. The Morgan fingerprint density at radius 3 is 2.93 bits per heavy atom. The molecule has 0 saturated carbocycles. The van der Waals surface area contributed by atoms with Crippen molar-refractivity contribution < 1.29 is 9.53 Å². The SMILES string of the molecule is CC(=O)SCCNCCOCCC#N. The number of thioether (sulfide) groups is 1. The number of nitriles is 1. The maximum atomic E-state index is 10.5. The zero-order valence-corrected chi connectivity index (χ0v) is 9.23. The molecule has 5 heteroatoms. The molecule has 0 bridgehead atoms. The lowest BCUT2D eigenvalue weighted by molar-refractivity contribution is -0.109. The van der Waals surface area contributed by atoms with Gasteiger partial charge in [0.15, 0.2) is 5.12 Å². The fourth-order valence-electron chi connectivity index (χ4n) is 0.756. The van der Waals surface area contributed by atoms with Crippen LogP contribution in [0.5, 0.6) is 0 Å². The highest BCUT2D eigenvalue weighted by molar-refractivity contribution is 8.13. The number of hydrogen-bond donors (Lipinski definition) is 1. The molecule has 1 N–H and O–H groups in total. The standard InChI is InChI=1S/C9H16N2O2S/c1-9(12)14-8-5-11-4-7-13-6-2-3-10/h11H,2,4-8H2,1H3. The van der Waals surface area contributed by atoms with Gasteiger partial charge in [0.25, 0.3) is 0 Å². The van der Waals surface area contributed by atoms with E-state index >= 15 is 0 Å². The van der Waals surface area contributed by atoms with Gasteiger partial charge in [-0.2, -0.15) is 5.26 Å². The average molecular weight is 216 g/mol. The molecule has 0 radical (unpaired) electrons. The minimum absolute atomic E-state index is 0.150. The van der Waals surface area contributed by atoms with E-state index in [1.54, 1.807) is 6.92 Å². The fourth-order valence-corrected chi connectivity index (χ4v) is 1.29. The lowest BCUT2D eigenvalue weighted by Gasteiger charge is -2.03. The molecule has 0 aliphatic heterocycles. The zero-order chi connectivity index (χ0) is 10.6. The van der Waals surface area contributed by atoms with Crippen LogP contribution in [0.15, 0.2) is 0 Å². The molecule has 0 aliphatic rings. The smallest absolute Gasteiger partial charge is 0.185 e. The summed E-state index contributed by atoms with van der Waals surface area (Å²) in [6, 6.07) is 2.01. The quantitative estimate of drug-likeness (QED) is 0.608. The van der Waals surface area contributed by atoms with Gasteiger partial charge in [-0.1, -0.05) is 11.8 Å². The molecule has 0 aromatic heterocycles. The predicted octanol–water partition coefficient (Wildman–Crippen LogP) is 0.786. The van der Waals surface area contributed by atoms with E-state index in [0.717, 1.165) is 18.8 Å². The normalized spacial score (nSPS) is 9.71. The van der Waals surface area contributed by atoms with Crippen LogP contribution in [0.25, 0.3) is 0 Å². The Kier molecular flexibility index (Phi) is 10.1. The van der Waals surface area contributed by atoms with Gasteiger partial charge in [-0.05, 0) is 0 Å².